The lowest BCUT2D eigenvalue weighted by atomic mass is 9.99. The van der Waals surface area contributed by atoms with Crippen molar-refractivity contribution in [3.05, 3.63) is 71.1 Å². The molecule has 4 N–H and O–H groups in total. The van der Waals surface area contributed by atoms with Crippen LogP contribution < -0.4 is 11.5 Å². The fourth-order valence-corrected chi connectivity index (χ4v) is 2.93. The van der Waals surface area contributed by atoms with Gasteiger partial charge in [0.2, 0.25) is 0 Å². The Balaban J connectivity index is 2.01. The van der Waals surface area contributed by atoms with Crippen LogP contribution in [0.15, 0.2) is 60.0 Å². The highest BCUT2D eigenvalue weighted by Gasteiger charge is 2.12. The van der Waals surface area contributed by atoms with E-state index in [1.165, 1.54) is 11.3 Å². The van der Waals surface area contributed by atoms with Crippen molar-refractivity contribution >= 4 is 27.8 Å². The molecule has 0 fully saturated rings. The molecule has 0 aliphatic carbocycles. The van der Waals surface area contributed by atoms with Gasteiger partial charge in [0, 0.05) is 22.1 Å². The molecule has 0 radical (unpaired) electrons. The fraction of sp³-hybridized carbons (Fsp3) is 0. The zero-order valence-electron chi connectivity index (χ0n) is 11.2. The molecule has 0 aliphatic heterocycles. The van der Waals surface area contributed by atoms with Crippen LogP contribution in [-0.4, -0.2) is 5.78 Å². The number of ketones is 1. The Hall–Kier alpha value is -2.59. The van der Waals surface area contributed by atoms with Crippen molar-refractivity contribution in [1.82, 2.24) is 0 Å². The number of hydrogen-bond acceptors (Lipinski definition) is 4. The van der Waals surface area contributed by atoms with Gasteiger partial charge >= 0.3 is 0 Å². The summed E-state index contributed by atoms with van der Waals surface area (Å²) in [6, 6.07) is 16.7. The molecular weight excluding hydrogens is 280 g/mol. The summed E-state index contributed by atoms with van der Waals surface area (Å²) in [5, 5.41) is 2.52. The molecule has 2 aromatic carbocycles. The van der Waals surface area contributed by atoms with Gasteiger partial charge in [-0.25, -0.2) is 0 Å². The summed E-state index contributed by atoms with van der Waals surface area (Å²) in [4.78, 5) is 12.5. The topological polar surface area (TPSA) is 69.1 Å². The molecule has 0 amide bonds. The molecule has 1 aromatic heterocycles. The quantitative estimate of drug-likeness (QED) is 0.722. The maximum absolute atomic E-state index is 12.5. The molecule has 3 nitrogen and oxygen atoms in total. The Bertz CT molecular complexity index is 794. The van der Waals surface area contributed by atoms with Gasteiger partial charge in [-0.15, -0.1) is 11.3 Å². The van der Waals surface area contributed by atoms with Crippen LogP contribution in [-0.2, 0) is 0 Å². The third-order valence-electron chi connectivity index (χ3n) is 3.33. The Morgan fingerprint density at radius 3 is 2.29 bits per heavy atom. The summed E-state index contributed by atoms with van der Waals surface area (Å²) in [6.45, 7) is 0. The molecule has 0 aliphatic rings. The summed E-state index contributed by atoms with van der Waals surface area (Å²) in [5.41, 5.74) is 15.4. The van der Waals surface area contributed by atoms with Gasteiger partial charge in [0.25, 0.3) is 0 Å². The number of nitrogens with two attached hydrogens (primary N) is 2. The number of carbonyl (C=O) groups is 1. The molecule has 0 saturated heterocycles. The van der Waals surface area contributed by atoms with E-state index in [9.17, 15) is 4.79 Å². The van der Waals surface area contributed by atoms with Gasteiger partial charge in [-0.3, -0.25) is 4.79 Å². The summed E-state index contributed by atoms with van der Waals surface area (Å²) in [7, 11) is 0. The molecule has 1 heterocycles. The van der Waals surface area contributed by atoms with E-state index in [2.05, 4.69) is 0 Å². The fourth-order valence-electron chi connectivity index (χ4n) is 2.19. The third kappa shape index (κ3) is 2.53. The minimum Gasteiger partial charge on any atom is -0.396 e. The lowest BCUT2D eigenvalue weighted by Crippen LogP contribution is -2.01. The number of nitrogen functional groups attached to an aromatic ring is 2. The molecule has 0 spiro atoms. The average Bonchev–Trinajstić information content (AvgIpc) is 2.87. The largest absolute Gasteiger partial charge is 0.396 e. The molecular formula is C17H14N2OS. The normalized spacial score (nSPS) is 10.5. The van der Waals surface area contributed by atoms with Crippen LogP contribution in [0.1, 0.15) is 15.9 Å². The van der Waals surface area contributed by atoms with E-state index >= 15 is 0 Å². The standard InChI is InChI=1S/C17H14N2OS/c18-15-14(10-21-17(15)19)12-7-4-8-13(9-12)16(20)11-5-2-1-3-6-11/h1-10H,18-19H2. The summed E-state index contributed by atoms with van der Waals surface area (Å²) >= 11 is 1.40. The third-order valence-corrected chi connectivity index (χ3v) is 4.16. The molecule has 3 aromatic rings. The van der Waals surface area contributed by atoms with Crippen LogP contribution in [0.4, 0.5) is 10.7 Å². The number of thiophene rings is 1. The van der Waals surface area contributed by atoms with Gasteiger partial charge in [0.05, 0.1) is 5.69 Å². The first-order chi connectivity index (χ1) is 10.2. The van der Waals surface area contributed by atoms with E-state index < -0.39 is 0 Å². The lowest BCUT2D eigenvalue weighted by molar-refractivity contribution is 0.103. The second-order valence-electron chi connectivity index (χ2n) is 4.70. The van der Waals surface area contributed by atoms with Gasteiger partial charge < -0.3 is 11.5 Å². The summed E-state index contributed by atoms with van der Waals surface area (Å²) in [5.74, 6) is -0.000719. The summed E-state index contributed by atoms with van der Waals surface area (Å²) < 4.78 is 0. The zero-order valence-corrected chi connectivity index (χ0v) is 12.1. The van der Waals surface area contributed by atoms with Crippen LogP contribution in [0.5, 0.6) is 0 Å². The lowest BCUT2D eigenvalue weighted by Gasteiger charge is -2.05. The van der Waals surface area contributed by atoms with Gasteiger partial charge in [-0.05, 0) is 11.6 Å². The first kappa shape index (κ1) is 13.4. The average molecular weight is 294 g/mol. The number of anilines is 2. The van der Waals surface area contributed by atoms with Crippen molar-refractivity contribution in [2.24, 2.45) is 0 Å². The molecule has 21 heavy (non-hydrogen) atoms. The van der Waals surface area contributed by atoms with Crippen molar-refractivity contribution < 1.29 is 4.79 Å². The molecule has 3 rings (SSSR count). The Morgan fingerprint density at radius 2 is 1.62 bits per heavy atom. The van der Waals surface area contributed by atoms with Gasteiger partial charge in [-0.1, -0.05) is 48.5 Å². The minimum atomic E-state index is -0.000719. The number of rotatable bonds is 3. The number of hydrogen-bond donors (Lipinski definition) is 2. The highest BCUT2D eigenvalue weighted by atomic mass is 32.1. The highest BCUT2D eigenvalue weighted by molar-refractivity contribution is 7.15. The first-order valence-corrected chi connectivity index (χ1v) is 7.37. The molecule has 104 valence electrons. The van der Waals surface area contributed by atoms with Crippen LogP contribution in [0.2, 0.25) is 0 Å². The zero-order chi connectivity index (χ0) is 14.8. The smallest absolute Gasteiger partial charge is 0.193 e. The monoisotopic (exact) mass is 294 g/mol. The molecule has 0 bridgehead atoms. The predicted octanol–water partition coefficient (Wildman–Crippen LogP) is 3.81. The number of carbonyl (C=O) groups excluding carboxylic acids is 1. The van der Waals surface area contributed by atoms with E-state index in [1.54, 1.807) is 0 Å². The second kappa shape index (κ2) is 5.42. The van der Waals surface area contributed by atoms with Crippen molar-refractivity contribution in [1.29, 1.82) is 0 Å². The van der Waals surface area contributed by atoms with Crippen LogP contribution in [0, 0.1) is 0 Å². The maximum atomic E-state index is 12.5. The van der Waals surface area contributed by atoms with E-state index in [4.69, 9.17) is 11.5 Å². The van der Waals surface area contributed by atoms with Crippen molar-refractivity contribution in [3.63, 3.8) is 0 Å². The highest BCUT2D eigenvalue weighted by Crippen LogP contribution is 2.36. The van der Waals surface area contributed by atoms with Gasteiger partial charge in [-0.2, -0.15) is 0 Å². The van der Waals surface area contributed by atoms with E-state index in [0.29, 0.717) is 21.8 Å². The van der Waals surface area contributed by atoms with E-state index in [1.807, 2.05) is 60.0 Å². The predicted molar refractivity (Wildman–Crippen MR) is 88.5 cm³/mol. The van der Waals surface area contributed by atoms with E-state index in [0.717, 1.165) is 11.1 Å². The van der Waals surface area contributed by atoms with Crippen molar-refractivity contribution in [2.45, 2.75) is 0 Å². The first-order valence-electron chi connectivity index (χ1n) is 6.49. The molecule has 0 saturated carbocycles. The Morgan fingerprint density at radius 1 is 0.905 bits per heavy atom. The Kier molecular flexibility index (Phi) is 3.46. The summed E-state index contributed by atoms with van der Waals surface area (Å²) in [6.07, 6.45) is 0. The van der Waals surface area contributed by atoms with Gasteiger partial charge in [0.15, 0.2) is 5.78 Å². The van der Waals surface area contributed by atoms with Crippen molar-refractivity contribution in [2.75, 3.05) is 11.5 Å². The SMILES string of the molecule is Nc1scc(-c2cccc(C(=O)c3ccccc3)c2)c1N. The van der Waals surface area contributed by atoms with E-state index in [-0.39, 0.29) is 5.78 Å². The van der Waals surface area contributed by atoms with Crippen molar-refractivity contribution in [3.8, 4) is 11.1 Å². The van der Waals surface area contributed by atoms with Crippen LogP contribution in [0.25, 0.3) is 11.1 Å². The molecule has 0 atom stereocenters. The molecule has 4 heteroatoms. The number of benzene rings is 2. The second-order valence-corrected chi connectivity index (χ2v) is 5.61. The maximum Gasteiger partial charge on any atom is 0.193 e. The molecule has 0 unspecified atom stereocenters. The minimum absolute atomic E-state index is 0.000719. The van der Waals surface area contributed by atoms with Crippen LogP contribution in [0.3, 0.4) is 0 Å². The Labute approximate surface area is 126 Å². The van der Waals surface area contributed by atoms with Crippen LogP contribution >= 0.6 is 11.3 Å². The van der Waals surface area contributed by atoms with Gasteiger partial charge in [0.1, 0.15) is 5.00 Å².